The van der Waals surface area contributed by atoms with Crippen LogP contribution in [0.1, 0.15) is 42.7 Å². The molecule has 2 saturated heterocycles. The second kappa shape index (κ2) is 6.79. The summed E-state index contributed by atoms with van der Waals surface area (Å²) in [5.41, 5.74) is 2.49. The van der Waals surface area contributed by atoms with Crippen LogP contribution in [-0.4, -0.2) is 52.4 Å². The van der Waals surface area contributed by atoms with Gasteiger partial charge in [-0.15, -0.1) is 11.8 Å². The molecule has 3 aliphatic rings. The summed E-state index contributed by atoms with van der Waals surface area (Å²) >= 11 is 1.80. The number of likely N-dealkylation sites (tertiary alicyclic amines) is 1. The van der Waals surface area contributed by atoms with E-state index in [2.05, 4.69) is 18.2 Å². The maximum atomic E-state index is 13.2. The Balaban J connectivity index is 1.54. The number of fused-ring (bicyclic) bond motifs is 1. The van der Waals surface area contributed by atoms with Gasteiger partial charge in [0, 0.05) is 18.8 Å². The van der Waals surface area contributed by atoms with Crippen LogP contribution in [0, 0.1) is 0 Å². The number of hydrogen-bond acceptors (Lipinski definition) is 3. The molecule has 1 aromatic carbocycles. The molecule has 0 spiro atoms. The van der Waals surface area contributed by atoms with Crippen molar-refractivity contribution in [3.05, 3.63) is 35.4 Å². The van der Waals surface area contributed by atoms with Crippen molar-refractivity contribution in [2.45, 2.75) is 44.1 Å². The van der Waals surface area contributed by atoms with Gasteiger partial charge in [0.05, 0.1) is 11.8 Å². The maximum Gasteiger partial charge on any atom is 0.246 e. The molecule has 0 saturated carbocycles. The second-order valence-corrected chi connectivity index (χ2v) is 8.05. The zero-order chi connectivity index (χ0) is 16.5. The van der Waals surface area contributed by atoms with Gasteiger partial charge in [-0.3, -0.25) is 9.59 Å². The summed E-state index contributed by atoms with van der Waals surface area (Å²) < 4.78 is 0. The van der Waals surface area contributed by atoms with Crippen LogP contribution in [0.15, 0.2) is 24.3 Å². The molecule has 4 rings (SSSR count). The van der Waals surface area contributed by atoms with Crippen LogP contribution < -0.4 is 0 Å². The quantitative estimate of drug-likeness (QED) is 0.828. The zero-order valence-corrected chi connectivity index (χ0v) is 14.8. The van der Waals surface area contributed by atoms with E-state index in [1.165, 1.54) is 11.1 Å². The van der Waals surface area contributed by atoms with Crippen molar-refractivity contribution in [2.75, 3.05) is 24.7 Å². The Bertz CT molecular complexity index is 642. The van der Waals surface area contributed by atoms with Gasteiger partial charge >= 0.3 is 0 Å². The smallest absolute Gasteiger partial charge is 0.246 e. The highest BCUT2D eigenvalue weighted by Crippen LogP contribution is 2.35. The summed E-state index contributed by atoms with van der Waals surface area (Å²) in [6.45, 7) is 1.56. The van der Waals surface area contributed by atoms with E-state index in [1.807, 2.05) is 15.9 Å². The summed E-state index contributed by atoms with van der Waals surface area (Å²) in [5.74, 6) is 2.07. The normalized spacial score (nSPS) is 26.5. The molecule has 5 heteroatoms. The number of thioether (sulfide) groups is 1. The molecule has 4 nitrogen and oxygen atoms in total. The maximum absolute atomic E-state index is 13.2. The Morgan fingerprint density at radius 3 is 2.75 bits per heavy atom. The summed E-state index contributed by atoms with van der Waals surface area (Å²) in [6, 6.07) is 8.09. The SMILES string of the molecule is O=C([C@H]1CCCN1C(=O)C1CCCc2ccccc21)N1CCSC1. The molecule has 2 heterocycles. The van der Waals surface area contributed by atoms with Crippen molar-refractivity contribution in [1.29, 1.82) is 0 Å². The lowest BCUT2D eigenvalue weighted by molar-refractivity contribution is -0.144. The molecule has 2 amide bonds. The van der Waals surface area contributed by atoms with E-state index in [0.29, 0.717) is 0 Å². The summed E-state index contributed by atoms with van der Waals surface area (Å²) in [4.78, 5) is 29.9. The molecular formula is C19H24N2O2S. The van der Waals surface area contributed by atoms with Crippen molar-refractivity contribution in [1.82, 2.24) is 9.80 Å². The number of aryl methyl sites for hydroxylation is 1. The van der Waals surface area contributed by atoms with Gasteiger partial charge in [-0.25, -0.2) is 0 Å². The molecular weight excluding hydrogens is 320 g/mol. The van der Waals surface area contributed by atoms with E-state index in [-0.39, 0.29) is 23.8 Å². The van der Waals surface area contributed by atoms with Gasteiger partial charge in [0.1, 0.15) is 6.04 Å². The van der Waals surface area contributed by atoms with Gasteiger partial charge in [-0.05, 0) is 43.2 Å². The third kappa shape index (κ3) is 2.83. The van der Waals surface area contributed by atoms with E-state index in [9.17, 15) is 9.59 Å². The third-order valence-corrected chi connectivity index (χ3v) is 6.52. The van der Waals surface area contributed by atoms with Crippen molar-refractivity contribution in [3.63, 3.8) is 0 Å². The Morgan fingerprint density at radius 1 is 1.04 bits per heavy atom. The number of amides is 2. The number of hydrogen-bond donors (Lipinski definition) is 0. The van der Waals surface area contributed by atoms with Crippen LogP contribution in [0.3, 0.4) is 0 Å². The first-order valence-corrected chi connectivity index (χ1v) is 10.2. The van der Waals surface area contributed by atoms with Gasteiger partial charge in [0.15, 0.2) is 0 Å². The van der Waals surface area contributed by atoms with Gasteiger partial charge in [-0.2, -0.15) is 0 Å². The monoisotopic (exact) mass is 344 g/mol. The topological polar surface area (TPSA) is 40.6 Å². The van der Waals surface area contributed by atoms with E-state index >= 15 is 0 Å². The minimum Gasteiger partial charge on any atom is -0.331 e. The Morgan fingerprint density at radius 2 is 1.92 bits per heavy atom. The minimum absolute atomic E-state index is 0.0590. The lowest BCUT2D eigenvalue weighted by atomic mass is 9.82. The molecule has 0 radical (unpaired) electrons. The lowest BCUT2D eigenvalue weighted by Crippen LogP contribution is -2.48. The predicted molar refractivity (Wildman–Crippen MR) is 95.9 cm³/mol. The highest BCUT2D eigenvalue weighted by Gasteiger charge is 2.40. The van der Waals surface area contributed by atoms with Crippen LogP contribution in [0.25, 0.3) is 0 Å². The van der Waals surface area contributed by atoms with Crippen LogP contribution >= 0.6 is 11.8 Å². The molecule has 0 bridgehead atoms. The molecule has 0 N–H and O–H groups in total. The predicted octanol–water partition coefficient (Wildman–Crippen LogP) is 2.63. The number of benzene rings is 1. The van der Waals surface area contributed by atoms with Crippen LogP contribution in [0.2, 0.25) is 0 Å². The zero-order valence-electron chi connectivity index (χ0n) is 13.9. The van der Waals surface area contributed by atoms with Gasteiger partial charge < -0.3 is 9.80 Å². The van der Waals surface area contributed by atoms with Gasteiger partial charge in [0.2, 0.25) is 11.8 Å². The molecule has 1 aromatic rings. The average Bonchev–Trinajstić information content (AvgIpc) is 3.31. The van der Waals surface area contributed by atoms with Crippen molar-refractivity contribution >= 4 is 23.6 Å². The van der Waals surface area contributed by atoms with Crippen LogP contribution in [0.4, 0.5) is 0 Å². The first-order chi connectivity index (χ1) is 11.8. The van der Waals surface area contributed by atoms with Gasteiger partial charge in [0.25, 0.3) is 0 Å². The largest absolute Gasteiger partial charge is 0.331 e. The molecule has 128 valence electrons. The minimum atomic E-state index is -0.231. The number of rotatable bonds is 2. The number of carbonyl (C=O) groups is 2. The fourth-order valence-electron chi connectivity index (χ4n) is 4.30. The first kappa shape index (κ1) is 16.0. The summed E-state index contributed by atoms with van der Waals surface area (Å²) in [7, 11) is 0. The van der Waals surface area contributed by atoms with Crippen LogP contribution in [-0.2, 0) is 16.0 Å². The molecule has 1 unspecified atom stereocenters. The highest BCUT2D eigenvalue weighted by molar-refractivity contribution is 7.99. The third-order valence-electron chi connectivity index (χ3n) is 5.55. The van der Waals surface area contributed by atoms with Gasteiger partial charge in [-0.1, -0.05) is 24.3 Å². The molecule has 1 aliphatic carbocycles. The van der Waals surface area contributed by atoms with E-state index < -0.39 is 0 Å². The molecule has 0 aromatic heterocycles. The van der Waals surface area contributed by atoms with E-state index in [0.717, 1.165) is 56.8 Å². The Labute approximate surface area is 147 Å². The fourth-order valence-corrected chi connectivity index (χ4v) is 5.25. The molecule has 2 aliphatic heterocycles. The van der Waals surface area contributed by atoms with Crippen molar-refractivity contribution in [3.8, 4) is 0 Å². The fraction of sp³-hybridized carbons (Fsp3) is 0.579. The van der Waals surface area contributed by atoms with Crippen LogP contribution in [0.5, 0.6) is 0 Å². The summed E-state index contributed by atoms with van der Waals surface area (Å²) in [5, 5.41) is 0. The molecule has 2 fully saturated rings. The molecule has 24 heavy (non-hydrogen) atoms. The Kier molecular flexibility index (Phi) is 4.53. The van der Waals surface area contributed by atoms with Crippen molar-refractivity contribution in [2.24, 2.45) is 0 Å². The van der Waals surface area contributed by atoms with E-state index in [1.54, 1.807) is 11.8 Å². The van der Waals surface area contributed by atoms with E-state index in [4.69, 9.17) is 0 Å². The first-order valence-electron chi connectivity index (χ1n) is 9.00. The van der Waals surface area contributed by atoms with Crippen molar-refractivity contribution < 1.29 is 9.59 Å². The second-order valence-electron chi connectivity index (χ2n) is 6.97. The highest BCUT2D eigenvalue weighted by atomic mass is 32.2. The number of nitrogens with zero attached hydrogens (tertiary/aromatic N) is 2. The average molecular weight is 344 g/mol. The number of carbonyl (C=O) groups excluding carboxylic acids is 2. The standard InChI is InChI=1S/C19H24N2O2S/c22-18(16-8-3-6-14-5-1-2-7-15(14)16)21-10-4-9-17(21)19(23)20-11-12-24-13-20/h1-2,5,7,16-17H,3-4,6,8-13H2/t16?,17-/m1/s1. The Hall–Kier alpha value is -1.49. The summed E-state index contributed by atoms with van der Waals surface area (Å²) in [6.07, 6.45) is 4.79. The molecule has 2 atom stereocenters. The lowest BCUT2D eigenvalue weighted by Gasteiger charge is -2.32.